The average Bonchev–Trinajstić information content (AvgIpc) is 2.57. The molecule has 0 radical (unpaired) electrons. The predicted molar refractivity (Wildman–Crippen MR) is 96.5 cm³/mol. The molecule has 1 aromatic heterocycles. The molecule has 0 bridgehead atoms. The van der Waals surface area contributed by atoms with Crippen LogP contribution >= 0.6 is 0 Å². The summed E-state index contributed by atoms with van der Waals surface area (Å²) in [5.41, 5.74) is 3.95. The molecule has 0 aliphatic heterocycles. The molecule has 0 aliphatic rings. The lowest BCUT2D eigenvalue weighted by Gasteiger charge is -2.12. The lowest BCUT2D eigenvalue weighted by Crippen LogP contribution is -2.00. The zero-order chi connectivity index (χ0) is 15.4. The van der Waals surface area contributed by atoms with E-state index < -0.39 is 0 Å². The first-order chi connectivity index (χ1) is 10.8. The highest BCUT2D eigenvalue weighted by Gasteiger charge is 2.09. The Morgan fingerprint density at radius 2 is 1.55 bits per heavy atom. The lowest BCUT2D eigenvalue weighted by molar-refractivity contribution is 0.744. The highest BCUT2D eigenvalue weighted by Crippen LogP contribution is 2.27. The van der Waals surface area contributed by atoms with Crippen molar-refractivity contribution < 1.29 is 0 Å². The van der Waals surface area contributed by atoms with Crippen molar-refractivity contribution in [3.63, 3.8) is 0 Å². The van der Waals surface area contributed by atoms with Gasteiger partial charge in [-0.05, 0) is 42.7 Å². The van der Waals surface area contributed by atoms with Gasteiger partial charge in [0, 0.05) is 16.5 Å². The molecule has 1 heterocycles. The predicted octanol–water partition coefficient (Wildman–Crippen LogP) is 6.07. The molecular weight excluding hydrogens is 266 g/mol. The Kier molecular flexibility index (Phi) is 4.72. The van der Waals surface area contributed by atoms with Crippen LogP contribution < -0.4 is 0 Å². The first-order valence-corrected chi connectivity index (χ1v) is 8.63. The first-order valence-electron chi connectivity index (χ1n) is 8.63. The molecule has 22 heavy (non-hydrogen) atoms. The van der Waals surface area contributed by atoms with Crippen molar-refractivity contribution in [2.24, 2.45) is 0 Å². The van der Waals surface area contributed by atoms with Gasteiger partial charge in [-0.15, -0.1) is 0 Å². The molecule has 2 aromatic carbocycles. The zero-order valence-electron chi connectivity index (χ0n) is 13.7. The summed E-state index contributed by atoms with van der Waals surface area (Å²) in [5, 5.41) is 3.84. The molecule has 0 atom stereocenters. The van der Waals surface area contributed by atoms with E-state index in [-0.39, 0.29) is 0 Å². The number of fused-ring (bicyclic) bond motifs is 3. The summed E-state index contributed by atoms with van der Waals surface area (Å²) in [7, 11) is 0. The van der Waals surface area contributed by atoms with Gasteiger partial charge in [-0.3, -0.25) is 4.98 Å². The summed E-state index contributed by atoms with van der Waals surface area (Å²) in [4.78, 5) is 5.09. The molecule has 0 spiro atoms. The fourth-order valence-electron chi connectivity index (χ4n) is 3.14. The molecule has 0 aliphatic carbocycles. The minimum atomic E-state index is 1.11. The molecule has 0 amide bonds. The Balaban J connectivity index is 2.15. The van der Waals surface area contributed by atoms with Crippen molar-refractivity contribution in [1.82, 2.24) is 4.98 Å². The molecule has 0 N–H and O–H groups in total. The van der Waals surface area contributed by atoms with Crippen molar-refractivity contribution in [3.05, 3.63) is 53.7 Å². The summed E-state index contributed by atoms with van der Waals surface area (Å²) >= 11 is 0. The molecule has 0 fully saturated rings. The zero-order valence-corrected chi connectivity index (χ0v) is 13.7. The van der Waals surface area contributed by atoms with Gasteiger partial charge < -0.3 is 0 Å². The van der Waals surface area contributed by atoms with Crippen LogP contribution in [0.5, 0.6) is 0 Å². The quantitative estimate of drug-likeness (QED) is 0.502. The van der Waals surface area contributed by atoms with Crippen LogP contribution in [0.2, 0.25) is 0 Å². The van der Waals surface area contributed by atoms with E-state index in [0.29, 0.717) is 0 Å². The Hall–Kier alpha value is -1.89. The van der Waals surface area contributed by atoms with Gasteiger partial charge in [0.2, 0.25) is 0 Å². The summed E-state index contributed by atoms with van der Waals surface area (Å²) in [6, 6.07) is 15.4. The summed E-state index contributed by atoms with van der Waals surface area (Å²) in [6.45, 7) is 4.51. The number of pyridine rings is 1. The van der Waals surface area contributed by atoms with E-state index in [9.17, 15) is 0 Å². The van der Waals surface area contributed by atoms with E-state index in [1.54, 1.807) is 0 Å². The number of hydrogen-bond donors (Lipinski definition) is 0. The van der Waals surface area contributed by atoms with E-state index in [4.69, 9.17) is 4.98 Å². The molecule has 0 saturated carbocycles. The Bertz CT molecular complexity index is 773. The molecule has 3 aromatic rings. The Morgan fingerprint density at radius 1 is 0.818 bits per heavy atom. The normalized spacial score (nSPS) is 11.4. The maximum Gasteiger partial charge on any atom is 0.0783 e. The van der Waals surface area contributed by atoms with Gasteiger partial charge in [0.15, 0.2) is 0 Å². The minimum absolute atomic E-state index is 1.11. The maximum atomic E-state index is 5.09. The number of aryl methyl sites for hydroxylation is 2. The minimum Gasteiger partial charge on any atom is -0.252 e. The van der Waals surface area contributed by atoms with Crippen molar-refractivity contribution in [1.29, 1.82) is 0 Å². The maximum absolute atomic E-state index is 5.09. The van der Waals surface area contributed by atoms with Gasteiger partial charge in [0.25, 0.3) is 0 Å². The second-order valence-electron chi connectivity index (χ2n) is 6.16. The molecule has 0 saturated heterocycles. The van der Waals surface area contributed by atoms with Crippen molar-refractivity contribution in [3.8, 4) is 0 Å². The largest absolute Gasteiger partial charge is 0.252 e. The third-order valence-electron chi connectivity index (χ3n) is 4.45. The highest BCUT2D eigenvalue weighted by atomic mass is 14.7. The molecule has 1 heteroatoms. The monoisotopic (exact) mass is 291 g/mol. The third kappa shape index (κ3) is 2.99. The van der Waals surface area contributed by atoms with Crippen LogP contribution in [0.1, 0.15) is 50.8 Å². The Labute approximate surface area is 133 Å². The Morgan fingerprint density at radius 3 is 2.36 bits per heavy atom. The smallest absolute Gasteiger partial charge is 0.0783 e. The first kappa shape index (κ1) is 15.0. The SMILES string of the molecule is CCCCc1cc2ccc3ccccc3c2nc1CCCC. The van der Waals surface area contributed by atoms with Gasteiger partial charge in [-0.1, -0.05) is 63.1 Å². The second kappa shape index (κ2) is 6.91. The number of benzene rings is 2. The van der Waals surface area contributed by atoms with E-state index in [1.165, 1.54) is 58.6 Å². The summed E-state index contributed by atoms with van der Waals surface area (Å²) in [5.74, 6) is 0. The number of aromatic nitrogens is 1. The van der Waals surface area contributed by atoms with Gasteiger partial charge in [-0.25, -0.2) is 0 Å². The van der Waals surface area contributed by atoms with Crippen molar-refractivity contribution in [2.45, 2.75) is 52.4 Å². The van der Waals surface area contributed by atoms with Crippen LogP contribution in [0.15, 0.2) is 42.5 Å². The standard InChI is InChI=1S/C21H25N/c1-3-5-9-17-15-18-14-13-16-10-7-8-11-19(16)21(18)22-20(17)12-6-4-2/h7-8,10-11,13-15H,3-6,9,12H2,1-2H3. The number of rotatable bonds is 6. The van der Waals surface area contributed by atoms with Crippen LogP contribution in [0.4, 0.5) is 0 Å². The molecule has 114 valence electrons. The molecule has 0 unspecified atom stereocenters. The highest BCUT2D eigenvalue weighted by molar-refractivity contribution is 6.05. The molecular formula is C21H25N. The molecule has 1 nitrogen and oxygen atoms in total. The van der Waals surface area contributed by atoms with Gasteiger partial charge >= 0.3 is 0 Å². The van der Waals surface area contributed by atoms with Gasteiger partial charge in [0.1, 0.15) is 0 Å². The third-order valence-corrected chi connectivity index (χ3v) is 4.45. The van der Waals surface area contributed by atoms with Crippen molar-refractivity contribution >= 4 is 21.7 Å². The van der Waals surface area contributed by atoms with Crippen LogP contribution in [-0.2, 0) is 12.8 Å². The average molecular weight is 291 g/mol. The van der Waals surface area contributed by atoms with Crippen LogP contribution in [-0.4, -0.2) is 4.98 Å². The van der Waals surface area contributed by atoms with Crippen LogP contribution in [0.3, 0.4) is 0 Å². The second-order valence-corrected chi connectivity index (χ2v) is 6.16. The summed E-state index contributed by atoms with van der Waals surface area (Å²) < 4.78 is 0. The van der Waals surface area contributed by atoms with Crippen LogP contribution in [0, 0.1) is 0 Å². The van der Waals surface area contributed by atoms with Gasteiger partial charge in [-0.2, -0.15) is 0 Å². The molecule has 3 rings (SSSR count). The van der Waals surface area contributed by atoms with E-state index in [2.05, 4.69) is 56.3 Å². The summed E-state index contributed by atoms with van der Waals surface area (Å²) in [6.07, 6.45) is 7.20. The number of hydrogen-bond acceptors (Lipinski definition) is 1. The lowest BCUT2D eigenvalue weighted by atomic mass is 9.98. The van der Waals surface area contributed by atoms with E-state index >= 15 is 0 Å². The fourth-order valence-corrected chi connectivity index (χ4v) is 3.14. The van der Waals surface area contributed by atoms with E-state index in [0.717, 1.165) is 12.8 Å². The van der Waals surface area contributed by atoms with Crippen LogP contribution in [0.25, 0.3) is 21.7 Å². The number of unbranched alkanes of at least 4 members (excludes halogenated alkanes) is 2. The fraction of sp³-hybridized carbons (Fsp3) is 0.381. The number of nitrogens with zero attached hydrogens (tertiary/aromatic N) is 1. The topological polar surface area (TPSA) is 12.9 Å². The van der Waals surface area contributed by atoms with E-state index in [1.807, 2.05) is 0 Å². The van der Waals surface area contributed by atoms with Crippen molar-refractivity contribution in [2.75, 3.05) is 0 Å². The van der Waals surface area contributed by atoms with Gasteiger partial charge in [0.05, 0.1) is 5.52 Å².